The fourth-order valence-electron chi connectivity index (χ4n) is 5.91. The molecule has 2 unspecified atom stereocenters. The van der Waals surface area contributed by atoms with Crippen molar-refractivity contribution in [2.75, 3.05) is 0 Å². The maximum Gasteiger partial charge on any atom is 0.254 e. The van der Waals surface area contributed by atoms with Crippen LogP contribution in [0, 0.1) is 17.8 Å². The van der Waals surface area contributed by atoms with Crippen molar-refractivity contribution in [1.29, 1.82) is 0 Å². The van der Waals surface area contributed by atoms with Crippen LogP contribution < -0.4 is 5.32 Å². The van der Waals surface area contributed by atoms with E-state index in [1.54, 1.807) is 36.4 Å². The van der Waals surface area contributed by atoms with Crippen molar-refractivity contribution < 1.29 is 14.7 Å². The summed E-state index contributed by atoms with van der Waals surface area (Å²) in [4.78, 5) is 29.6. The number of aromatic nitrogens is 1. The monoisotopic (exact) mass is 410 g/mol. The number of halogens is 1. The molecule has 6 heteroatoms. The lowest BCUT2D eigenvalue weighted by Crippen LogP contribution is -2.61. The largest absolute Gasteiger partial charge is 0.390 e. The summed E-state index contributed by atoms with van der Waals surface area (Å²) in [7, 11) is 0. The third kappa shape index (κ3) is 3.36. The van der Waals surface area contributed by atoms with Crippen LogP contribution in [-0.4, -0.2) is 33.4 Å². The van der Waals surface area contributed by atoms with Crippen LogP contribution in [0.3, 0.4) is 0 Å². The van der Waals surface area contributed by atoms with E-state index in [1.165, 1.54) is 0 Å². The molecule has 1 heterocycles. The fraction of sp³-hybridized carbons (Fsp3) is 0.435. The number of hydrogen-bond acceptors (Lipinski definition) is 4. The van der Waals surface area contributed by atoms with E-state index in [0.29, 0.717) is 23.3 Å². The number of nitrogens with one attached hydrogen (secondary N) is 1. The van der Waals surface area contributed by atoms with Gasteiger partial charge in [0.25, 0.3) is 5.91 Å². The average molecular weight is 411 g/mol. The molecule has 5 nitrogen and oxygen atoms in total. The normalized spacial score (nSPS) is 32.2. The Morgan fingerprint density at radius 3 is 2.34 bits per heavy atom. The number of rotatable bonds is 4. The van der Waals surface area contributed by atoms with Crippen LogP contribution in [0.2, 0.25) is 5.15 Å². The number of aliphatic hydroxyl groups is 1. The van der Waals surface area contributed by atoms with E-state index < -0.39 is 5.60 Å². The molecule has 29 heavy (non-hydrogen) atoms. The van der Waals surface area contributed by atoms with E-state index in [0.717, 1.165) is 32.1 Å². The number of benzene rings is 1. The summed E-state index contributed by atoms with van der Waals surface area (Å²) in [5.74, 6) is 0.736. The summed E-state index contributed by atoms with van der Waals surface area (Å²) in [6, 6.07) is 12.1. The molecule has 0 aliphatic heterocycles. The molecule has 4 fully saturated rings. The standard InChI is InChI=1S/C23H23ClN2O3/c24-21-17(6-7-18(25-21)20(27)14-4-2-1-3-5-14)22(28)26-19-15-8-13-9-16(19)12-23(29,10-13)11-15/h1-7,13,15-16,19,29H,8-12H2,(H,26,28). The second kappa shape index (κ2) is 6.92. The van der Waals surface area contributed by atoms with Crippen LogP contribution in [0.25, 0.3) is 0 Å². The lowest BCUT2D eigenvalue weighted by molar-refractivity contribution is -0.136. The molecule has 4 bridgehead atoms. The lowest BCUT2D eigenvalue weighted by Gasteiger charge is -2.58. The van der Waals surface area contributed by atoms with Gasteiger partial charge in [0.15, 0.2) is 0 Å². The molecule has 0 saturated heterocycles. The summed E-state index contributed by atoms with van der Waals surface area (Å²) in [5, 5.41) is 13.9. The van der Waals surface area contributed by atoms with E-state index in [9.17, 15) is 14.7 Å². The van der Waals surface area contributed by atoms with Gasteiger partial charge in [-0.2, -0.15) is 0 Å². The number of carbonyl (C=O) groups is 2. The van der Waals surface area contributed by atoms with Crippen LogP contribution in [0.4, 0.5) is 0 Å². The predicted octanol–water partition coefficient (Wildman–Crippen LogP) is 3.64. The minimum atomic E-state index is -0.531. The first kappa shape index (κ1) is 18.8. The second-order valence-corrected chi connectivity index (χ2v) is 9.28. The van der Waals surface area contributed by atoms with E-state index in [1.807, 2.05) is 6.07 Å². The molecule has 0 spiro atoms. The second-order valence-electron chi connectivity index (χ2n) is 8.92. The zero-order valence-electron chi connectivity index (χ0n) is 16.0. The summed E-state index contributed by atoms with van der Waals surface area (Å²) in [6.45, 7) is 0. The molecule has 0 radical (unpaired) electrons. The minimum absolute atomic E-state index is 0.0340. The number of ketones is 1. The van der Waals surface area contributed by atoms with Crippen molar-refractivity contribution in [3.05, 3.63) is 64.4 Å². The Morgan fingerprint density at radius 1 is 1.03 bits per heavy atom. The maximum atomic E-state index is 12.9. The molecular formula is C23H23ClN2O3. The first-order valence-electron chi connectivity index (χ1n) is 10.2. The van der Waals surface area contributed by atoms with Gasteiger partial charge in [0.1, 0.15) is 10.8 Å². The van der Waals surface area contributed by atoms with Crippen LogP contribution in [0.5, 0.6) is 0 Å². The molecule has 1 aromatic heterocycles. The highest BCUT2D eigenvalue weighted by Crippen LogP contribution is 2.55. The van der Waals surface area contributed by atoms with Crippen LogP contribution in [0.1, 0.15) is 58.5 Å². The molecular weight excluding hydrogens is 388 g/mol. The molecule has 150 valence electrons. The van der Waals surface area contributed by atoms with Crippen LogP contribution in [-0.2, 0) is 0 Å². The highest BCUT2D eigenvalue weighted by Gasteiger charge is 2.55. The molecule has 2 N–H and O–H groups in total. The van der Waals surface area contributed by atoms with Gasteiger partial charge >= 0.3 is 0 Å². The summed E-state index contributed by atoms with van der Waals surface area (Å²) < 4.78 is 0. The van der Waals surface area contributed by atoms with Gasteiger partial charge in [-0.15, -0.1) is 0 Å². The van der Waals surface area contributed by atoms with Gasteiger partial charge in [-0.05, 0) is 62.0 Å². The quantitative estimate of drug-likeness (QED) is 0.595. The van der Waals surface area contributed by atoms with E-state index in [2.05, 4.69) is 10.3 Å². The van der Waals surface area contributed by atoms with Gasteiger partial charge in [0.2, 0.25) is 5.78 Å². The van der Waals surface area contributed by atoms with Crippen molar-refractivity contribution in [2.24, 2.45) is 17.8 Å². The molecule has 1 aromatic carbocycles. The Morgan fingerprint density at radius 2 is 1.72 bits per heavy atom. The van der Waals surface area contributed by atoms with E-state index >= 15 is 0 Å². The Hall–Kier alpha value is -2.24. The highest BCUT2D eigenvalue weighted by molar-refractivity contribution is 6.33. The first-order valence-corrected chi connectivity index (χ1v) is 10.6. The molecule has 4 aliphatic rings. The van der Waals surface area contributed by atoms with Gasteiger partial charge in [-0.3, -0.25) is 9.59 Å². The van der Waals surface area contributed by atoms with E-state index in [4.69, 9.17) is 11.6 Å². The third-order valence-electron chi connectivity index (χ3n) is 6.90. The SMILES string of the molecule is O=C(c1ccccc1)c1ccc(C(=O)NC2C3CC4CC2CC(O)(C4)C3)c(Cl)n1. The molecule has 6 rings (SSSR count). The van der Waals surface area contributed by atoms with Crippen LogP contribution in [0.15, 0.2) is 42.5 Å². The molecule has 4 saturated carbocycles. The molecule has 4 aliphatic carbocycles. The number of carbonyl (C=O) groups excluding carboxylic acids is 2. The van der Waals surface area contributed by atoms with Gasteiger partial charge in [-0.25, -0.2) is 4.98 Å². The maximum absolute atomic E-state index is 12.9. The van der Waals surface area contributed by atoms with Crippen molar-refractivity contribution in [3.8, 4) is 0 Å². The van der Waals surface area contributed by atoms with Gasteiger partial charge in [-0.1, -0.05) is 41.9 Å². The van der Waals surface area contributed by atoms with Crippen molar-refractivity contribution in [3.63, 3.8) is 0 Å². The number of pyridine rings is 1. The molecule has 1 amide bonds. The Labute approximate surface area is 174 Å². The molecule has 2 atom stereocenters. The Kier molecular flexibility index (Phi) is 4.48. The third-order valence-corrected chi connectivity index (χ3v) is 7.19. The zero-order valence-corrected chi connectivity index (χ0v) is 16.7. The first-order chi connectivity index (χ1) is 13.9. The number of nitrogens with zero attached hydrogens (tertiary/aromatic N) is 1. The van der Waals surface area contributed by atoms with Gasteiger partial charge in [0.05, 0.1) is 11.2 Å². The van der Waals surface area contributed by atoms with Crippen molar-refractivity contribution in [1.82, 2.24) is 10.3 Å². The summed E-state index contributed by atoms with van der Waals surface area (Å²) >= 11 is 6.28. The number of amides is 1. The Balaban J connectivity index is 1.33. The van der Waals surface area contributed by atoms with Gasteiger partial charge in [0, 0.05) is 11.6 Å². The topological polar surface area (TPSA) is 79.3 Å². The minimum Gasteiger partial charge on any atom is -0.390 e. The Bertz CT molecular complexity index is 961. The van der Waals surface area contributed by atoms with Crippen molar-refractivity contribution in [2.45, 2.75) is 43.7 Å². The summed E-state index contributed by atoms with van der Waals surface area (Å²) in [6.07, 6.45) is 4.58. The number of hydrogen-bond donors (Lipinski definition) is 2. The van der Waals surface area contributed by atoms with Crippen molar-refractivity contribution >= 4 is 23.3 Å². The zero-order chi connectivity index (χ0) is 20.2. The van der Waals surface area contributed by atoms with E-state index in [-0.39, 0.29) is 34.1 Å². The van der Waals surface area contributed by atoms with Gasteiger partial charge < -0.3 is 10.4 Å². The highest BCUT2D eigenvalue weighted by atomic mass is 35.5. The summed E-state index contributed by atoms with van der Waals surface area (Å²) in [5.41, 5.74) is 0.495. The average Bonchev–Trinajstić information content (AvgIpc) is 2.69. The smallest absolute Gasteiger partial charge is 0.254 e. The van der Waals surface area contributed by atoms with Crippen LogP contribution >= 0.6 is 11.6 Å². The fourth-order valence-corrected chi connectivity index (χ4v) is 6.15. The molecule has 2 aromatic rings. The predicted molar refractivity (Wildman–Crippen MR) is 109 cm³/mol. The lowest BCUT2D eigenvalue weighted by atomic mass is 9.52.